The Labute approximate surface area is 94.7 Å². The van der Waals surface area contributed by atoms with Crippen LogP contribution in [-0.4, -0.2) is 22.3 Å². The molecule has 1 aromatic rings. The van der Waals surface area contributed by atoms with Crippen molar-refractivity contribution in [1.29, 1.82) is 0 Å². The van der Waals surface area contributed by atoms with Crippen LogP contribution in [0.3, 0.4) is 0 Å². The van der Waals surface area contributed by atoms with Gasteiger partial charge in [0.15, 0.2) is 0 Å². The molecule has 82 valence electrons. The van der Waals surface area contributed by atoms with Crippen LogP contribution in [-0.2, 0) is 0 Å². The van der Waals surface area contributed by atoms with Gasteiger partial charge in [0.1, 0.15) is 6.33 Å². The molecule has 1 aliphatic rings. The van der Waals surface area contributed by atoms with E-state index in [-0.39, 0.29) is 6.10 Å². The zero-order valence-electron chi connectivity index (χ0n) is 9.36. The second-order valence-electron chi connectivity index (χ2n) is 4.04. The van der Waals surface area contributed by atoms with Crippen LogP contribution >= 0.6 is 11.8 Å². The minimum atomic E-state index is 0.165. The van der Waals surface area contributed by atoms with Crippen molar-refractivity contribution in [2.45, 2.75) is 43.6 Å². The third-order valence-corrected chi connectivity index (χ3v) is 3.11. The van der Waals surface area contributed by atoms with Crippen LogP contribution < -0.4 is 4.74 Å². The standard InChI is InChI=1S/C11H16N2OS/c1-7(2)14-11-10(15-3)9(8-4-5-8)12-6-13-11/h6-8H,4-5H2,1-3H3. The summed E-state index contributed by atoms with van der Waals surface area (Å²) in [5, 5.41) is 0. The molecule has 0 saturated heterocycles. The van der Waals surface area contributed by atoms with E-state index >= 15 is 0 Å². The fraction of sp³-hybridized carbons (Fsp3) is 0.636. The lowest BCUT2D eigenvalue weighted by atomic mass is 10.3. The van der Waals surface area contributed by atoms with E-state index < -0.39 is 0 Å². The molecule has 0 N–H and O–H groups in total. The summed E-state index contributed by atoms with van der Waals surface area (Å²) in [6, 6.07) is 0. The quantitative estimate of drug-likeness (QED) is 0.737. The summed E-state index contributed by atoms with van der Waals surface area (Å²) in [6.07, 6.45) is 6.35. The average Bonchev–Trinajstić information content (AvgIpc) is 2.99. The monoisotopic (exact) mass is 224 g/mol. The molecule has 1 aliphatic carbocycles. The van der Waals surface area contributed by atoms with Crippen molar-refractivity contribution in [3.05, 3.63) is 12.0 Å². The van der Waals surface area contributed by atoms with Gasteiger partial charge in [-0.05, 0) is 32.9 Å². The number of hydrogen-bond acceptors (Lipinski definition) is 4. The Kier molecular flexibility index (Phi) is 3.14. The molecule has 0 aliphatic heterocycles. The zero-order chi connectivity index (χ0) is 10.8. The highest BCUT2D eigenvalue weighted by molar-refractivity contribution is 7.98. The largest absolute Gasteiger partial charge is 0.474 e. The second-order valence-corrected chi connectivity index (χ2v) is 4.85. The topological polar surface area (TPSA) is 35.0 Å². The number of aromatic nitrogens is 2. The highest BCUT2D eigenvalue weighted by atomic mass is 32.2. The van der Waals surface area contributed by atoms with Gasteiger partial charge in [-0.2, -0.15) is 0 Å². The Morgan fingerprint density at radius 2 is 2.13 bits per heavy atom. The lowest BCUT2D eigenvalue weighted by Gasteiger charge is -2.13. The third-order valence-electron chi connectivity index (χ3n) is 2.31. The maximum Gasteiger partial charge on any atom is 0.230 e. The van der Waals surface area contributed by atoms with E-state index in [1.807, 2.05) is 13.8 Å². The van der Waals surface area contributed by atoms with E-state index in [1.165, 1.54) is 18.5 Å². The SMILES string of the molecule is CSc1c(OC(C)C)ncnc1C1CC1. The summed E-state index contributed by atoms with van der Waals surface area (Å²) in [4.78, 5) is 9.69. The maximum absolute atomic E-state index is 5.68. The molecule has 1 aromatic heterocycles. The van der Waals surface area contributed by atoms with Crippen LogP contribution in [0.15, 0.2) is 11.2 Å². The summed E-state index contributed by atoms with van der Waals surface area (Å²) in [5.74, 6) is 1.39. The number of nitrogens with zero attached hydrogens (tertiary/aromatic N) is 2. The van der Waals surface area contributed by atoms with Crippen LogP contribution in [0.5, 0.6) is 5.88 Å². The first-order valence-electron chi connectivity index (χ1n) is 5.28. The number of thioether (sulfide) groups is 1. The Bertz CT molecular complexity index is 350. The first-order chi connectivity index (χ1) is 7.22. The van der Waals surface area contributed by atoms with Crippen molar-refractivity contribution in [2.24, 2.45) is 0 Å². The van der Waals surface area contributed by atoms with Crippen molar-refractivity contribution < 1.29 is 4.74 Å². The molecule has 1 saturated carbocycles. The molecule has 0 aromatic carbocycles. The van der Waals surface area contributed by atoms with Gasteiger partial charge in [0.2, 0.25) is 5.88 Å². The fourth-order valence-corrected chi connectivity index (χ4v) is 2.22. The Morgan fingerprint density at radius 3 is 2.67 bits per heavy atom. The molecule has 1 fully saturated rings. The van der Waals surface area contributed by atoms with Crippen LogP contribution in [0.25, 0.3) is 0 Å². The van der Waals surface area contributed by atoms with Gasteiger partial charge < -0.3 is 4.74 Å². The van der Waals surface area contributed by atoms with Gasteiger partial charge in [0.25, 0.3) is 0 Å². The molecule has 0 amide bonds. The van der Waals surface area contributed by atoms with E-state index in [2.05, 4.69) is 16.2 Å². The smallest absolute Gasteiger partial charge is 0.230 e. The number of hydrogen-bond donors (Lipinski definition) is 0. The van der Waals surface area contributed by atoms with Gasteiger partial charge in [0.05, 0.1) is 16.7 Å². The highest BCUT2D eigenvalue weighted by Crippen LogP contribution is 2.44. The summed E-state index contributed by atoms with van der Waals surface area (Å²) < 4.78 is 5.68. The van der Waals surface area contributed by atoms with Gasteiger partial charge in [-0.1, -0.05) is 0 Å². The van der Waals surface area contributed by atoms with Crippen LogP contribution in [0, 0.1) is 0 Å². The lowest BCUT2D eigenvalue weighted by Crippen LogP contribution is -2.09. The second kappa shape index (κ2) is 4.39. The predicted molar refractivity (Wildman–Crippen MR) is 61.6 cm³/mol. The highest BCUT2D eigenvalue weighted by Gasteiger charge is 2.29. The van der Waals surface area contributed by atoms with Crippen molar-refractivity contribution in [1.82, 2.24) is 9.97 Å². The van der Waals surface area contributed by atoms with E-state index in [0.29, 0.717) is 5.92 Å². The van der Waals surface area contributed by atoms with E-state index in [4.69, 9.17) is 4.74 Å². The minimum Gasteiger partial charge on any atom is -0.474 e. The molecular formula is C11H16N2OS. The van der Waals surface area contributed by atoms with E-state index in [1.54, 1.807) is 18.1 Å². The lowest BCUT2D eigenvalue weighted by molar-refractivity contribution is 0.225. The van der Waals surface area contributed by atoms with Crippen molar-refractivity contribution in [3.63, 3.8) is 0 Å². The van der Waals surface area contributed by atoms with Crippen LogP contribution in [0.4, 0.5) is 0 Å². The molecule has 4 heteroatoms. The molecule has 0 atom stereocenters. The van der Waals surface area contributed by atoms with Crippen molar-refractivity contribution in [2.75, 3.05) is 6.26 Å². The molecule has 2 rings (SSSR count). The Balaban J connectivity index is 2.31. The van der Waals surface area contributed by atoms with Gasteiger partial charge in [-0.3, -0.25) is 0 Å². The molecule has 0 bridgehead atoms. The minimum absolute atomic E-state index is 0.165. The molecular weight excluding hydrogens is 208 g/mol. The molecule has 15 heavy (non-hydrogen) atoms. The molecule has 0 spiro atoms. The summed E-state index contributed by atoms with van der Waals surface area (Å²) in [7, 11) is 0. The zero-order valence-corrected chi connectivity index (χ0v) is 10.2. The Hall–Kier alpha value is -0.770. The molecule has 0 unspecified atom stereocenters. The van der Waals surface area contributed by atoms with Crippen molar-refractivity contribution >= 4 is 11.8 Å². The van der Waals surface area contributed by atoms with Gasteiger partial charge >= 0.3 is 0 Å². The van der Waals surface area contributed by atoms with Crippen LogP contribution in [0.2, 0.25) is 0 Å². The molecule has 3 nitrogen and oxygen atoms in total. The van der Waals surface area contributed by atoms with Gasteiger partial charge in [0, 0.05) is 5.92 Å². The fourth-order valence-electron chi connectivity index (χ4n) is 1.52. The first-order valence-corrected chi connectivity index (χ1v) is 6.50. The summed E-state index contributed by atoms with van der Waals surface area (Å²) in [5.41, 5.74) is 1.17. The van der Waals surface area contributed by atoms with Crippen LogP contribution in [0.1, 0.15) is 38.3 Å². The van der Waals surface area contributed by atoms with Crippen molar-refractivity contribution in [3.8, 4) is 5.88 Å². The Morgan fingerprint density at radius 1 is 1.40 bits per heavy atom. The summed E-state index contributed by atoms with van der Waals surface area (Å²) in [6.45, 7) is 4.03. The normalized spacial score (nSPS) is 15.7. The molecule has 0 radical (unpaired) electrons. The van der Waals surface area contributed by atoms with Gasteiger partial charge in [-0.25, -0.2) is 9.97 Å². The number of ether oxygens (including phenoxy) is 1. The molecule has 1 heterocycles. The average molecular weight is 224 g/mol. The number of rotatable bonds is 4. The van der Waals surface area contributed by atoms with E-state index in [0.717, 1.165) is 10.8 Å². The first kappa shape index (κ1) is 10.7. The third kappa shape index (κ3) is 2.43. The maximum atomic E-state index is 5.68. The predicted octanol–water partition coefficient (Wildman–Crippen LogP) is 2.86. The summed E-state index contributed by atoms with van der Waals surface area (Å²) >= 11 is 1.68. The van der Waals surface area contributed by atoms with E-state index in [9.17, 15) is 0 Å². The van der Waals surface area contributed by atoms with Gasteiger partial charge in [-0.15, -0.1) is 11.8 Å².